The molecular weight excluding hydrogens is 342 g/mol. The van der Waals surface area contributed by atoms with Gasteiger partial charge >= 0.3 is 5.97 Å². The summed E-state index contributed by atoms with van der Waals surface area (Å²) in [6, 6.07) is 6.80. The van der Waals surface area contributed by atoms with Gasteiger partial charge in [0, 0.05) is 32.2 Å². The maximum Gasteiger partial charge on any atom is 0.337 e. The number of rotatable bonds is 4. The van der Waals surface area contributed by atoms with Crippen molar-refractivity contribution < 1.29 is 9.53 Å². The second-order valence-corrected chi connectivity index (χ2v) is 6.27. The summed E-state index contributed by atoms with van der Waals surface area (Å²) in [5, 5.41) is 3.64. The number of hydrogen-bond acceptors (Lipinski definition) is 7. The largest absolute Gasteiger partial charge is 0.465 e. The van der Waals surface area contributed by atoms with Crippen molar-refractivity contribution in [3.63, 3.8) is 0 Å². The van der Waals surface area contributed by atoms with Crippen LogP contribution in [0.2, 0.25) is 5.02 Å². The molecule has 0 atom stereocenters. The van der Waals surface area contributed by atoms with Gasteiger partial charge in [-0.15, -0.1) is 0 Å². The fourth-order valence-corrected chi connectivity index (χ4v) is 2.79. The highest BCUT2D eigenvalue weighted by molar-refractivity contribution is 6.33. The Balaban J connectivity index is 1.79. The molecule has 0 amide bonds. The number of halogens is 1. The highest BCUT2D eigenvalue weighted by Gasteiger charge is 2.16. The quantitative estimate of drug-likeness (QED) is 0.838. The summed E-state index contributed by atoms with van der Waals surface area (Å²) < 4.78 is 4.74. The molecule has 0 unspecified atom stereocenters. The van der Waals surface area contributed by atoms with E-state index in [2.05, 4.69) is 32.1 Å². The molecule has 3 rings (SSSR count). The molecule has 8 heteroatoms. The van der Waals surface area contributed by atoms with Gasteiger partial charge in [-0.25, -0.2) is 14.8 Å². The number of piperazine rings is 1. The van der Waals surface area contributed by atoms with Gasteiger partial charge in [-0.1, -0.05) is 11.6 Å². The zero-order valence-corrected chi connectivity index (χ0v) is 15.0. The van der Waals surface area contributed by atoms with Crippen molar-refractivity contribution in [2.75, 3.05) is 50.6 Å². The SMILES string of the molecule is COC(=O)c1ccc(Cl)c(Nc2cc(N3CCN(C)CC3)ncn2)c1. The van der Waals surface area contributed by atoms with E-state index in [1.165, 1.54) is 13.4 Å². The number of nitrogens with one attached hydrogen (secondary N) is 1. The number of methoxy groups -OCH3 is 1. The van der Waals surface area contributed by atoms with E-state index in [-0.39, 0.29) is 0 Å². The number of anilines is 3. The van der Waals surface area contributed by atoms with Crippen LogP contribution in [0.1, 0.15) is 10.4 Å². The summed E-state index contributed by atoms with van der Waals surface area (Å²) in [6.45, 7) is 3.84. The minimum absolute atomic E-state index is 0.416. The topological polar surface area (TPSA) is 70.6 Å². The lowest BCUT2D eigenvalue weighted by Crippen LogP contribution is -2.44. The molecule has 1 aliphatic rings. The van der Waals surface area contributed by atoms with Crippen LogP contribution in [0.4, 0.5) is 17.3 Å². The van der Waals surface area contributed by atoms with Crippen molar-refractivity contribution in [1.29, 1.82) is 0 Å². The summed E-state index contributed by atoms with van der Waals surface area (Å²) in [5.41, 5.74) is 1.01. The predicted molar refractivity (Wildman–Crippen MR) is 97.8 cm³/mol. The third-order valence-corrected chi connectivity index (χ3v) is 4.46. The normalized spacial score (nSPS) is 15.1. The van der Waals surface area contributed by atoms with Crippen LogP contribution in [0.25, 0.3) is 0 Å². The van der Waals surface area contributed by atoms with Gasteiger partial charge in [0.15, 0.2) is 0 Å². The average molecular weight is 362 g/mol. The molecule has 1 aromatic carbocycles. The van der Waals surface area contributed by atoms with E-state index < -0.39 is 5.97 Å². The van der Waals surface area contributed by atoms with Gasteiger partial charge in [-0.3, -0.25) is 0 Å². The van der Waals surface area contributed by atoms with Crippen molar-refractivity contribution in [3.05, 3.63) is 41.2 Å². The first-order valence-electron chi connectivity index (χ1n) is 7.97. The number of aromatic nitrogens is 2. The Bertz CT molecular complexity index is 762. The molecule has 25 heavy (non-hydrogen) atoms. The number of ether oxygens (including phenoxy) is 1. The van der Waals surface area contributed by atoms with E-state index in [0.717, 1.165) is 32.0 Å². The summed E-state index contributed by atoms with van der Waals surface area (Å²) in [6.07, 6.45) is 1.52. The van der Waals surface area contributed by atoms with Crippen molar-refractivity contribution in [2.45, 2.75) is 0 Å². The average Bonchev–Trinajstić information content (AvgIpc) is 2.64. The monoisotopic (exact) mass is 361 g/mol. The molecule has 0 radical (unpaired) electrons. The van der Waals surface area contributed by atoms with E-state index in [9.17, 15) is 4.79 Å². The second kappa shape index (κ2) is 7.67. The second-order valence-electron chi connectivity index (χ2n) is 5.86. The molecule has 0 bridgehead atoms. The molecule has 1 fully saturated rings. The van der Waals surface area contributed by atoms with E-state index >= 15 is 0 Å². The van der Waals surface area contributed by atoms with E-state index in [1.54, 1.807) is 18.2 Å². The molecule has 1 aromatic heterocycles. The zero-order valence-electron chi connectivity index (χ0n) is 14.2. The van der Waals surface area contributed by atoms with Crippen LogP contribution in [0.5, 0.6) is 0 Å². The highest BCUT2D eigenvalue weighted by atomic mass is 35.5. The summed E-state index contributed by atoms with van der Waals surface area (Å²) in [5.74, 6) is 1.07. The van der Waals surface area contributed by atoms with Crippen LogP contribution in [0, 0.1) is 0 Å². The lowest BCUT2D eigenvalue weighted by atomic mass is 10.2. The van der Waals surface area contributed by atoms with Crippen LogP contribution in [0.3, 0.4) is 0 Å². The molecule has 0 spiro atoms. The van der Waals surface area contributed by atoms with Crippen LogP contribution in [-0.4, -0.2) is 61.2 Å². The predicted octanol–water partition coefficient (Wildman–Crippen LogP) is 2.41. The Kier molecular flexibility index (Phi) is 5.35. The Morgan fingerprint density at radius 3 is 2.68 bits per heavy atom. The Morgan fingerprint density at radius 2 is 1.96 bits per heavy atom. The Labute approximate surface area is 151 Å². The fraction of sp³-hybridized carbons (Fsp3) is 0.353. The molecular formula is C17H20ClN5O2. The van der Waals surface area contributed by atoms with Crippen molar-refractivity contribution in [3.8, 4) is 0 Å². The van der Waals surface area contributed by atoms with E-state index in [4.69, 9.17) is 16.3 Å². The Morgan fingerprint density at radius 1 is 1.20 bits per heavy atom. The van der Waals surface area contributed by atoms with Crippen LogP contribution >= 0.6 is 11.6 Å². The smallest absolute Gasteiger partial charge is 0.337 e. The van der Waals surface area contributed by atoms with Crippen LogP contribution in [-0.2, 0) is 4.74 Å². The lowest BCUT2D eigenvalue weighted by molar-refractivity contribution is 0.0601. The number of esters is 1. The molecule has 132 valence electrons. The third-order valence-electron chi connectivity index (χ3n) is 4.13. The number of nitrogens with zero attached hydrogens (tertiary/aromatic N) is 4. The number of likely N-dealkylation sites (N-methyl/N-ethyl adjacent to an activating group) is 1. The van der Waals surface area contributed by atoms with Crippen molar-refractivity contribution in [1.82, 2.24) is 14.9 Å². The van der Waals surface area contributed by atoms with Gasteiger partial charge in [-0.05, 0) is 25.2 Å². The van der Waals surface area contributed by atoms with Crippen molar-refractivity contribution >= 4 is 34.9 Å². The van der Waals surface area contributed by atoms with Crippen LogP contribution in [0.15, 0.2) is 30.6 Å². The minimum atomic E-state index is -0.416. The lowest BCUT2D eigenvalue weighted by Gasteiger charge is -2.33. The van der Waals surface area contributed by atoms with E-state index in [1.807, 2.05) is 6.07 Å². The molecule has 2 heterocycles. The van der Waals surface area contributed by atoms with Gasteiger partial charge < -0.3 is 19.9 Å². The summed E-state index contributed by atoms with van der Waals surface area (Å²) >= 11 is 6.22. The third kappa shape index (κ3) is 4.18. The summed E-state index contributed by atoms with van der Waals surface area (Å²) in [4.78, 5) is 24.8. The maximum absolute atomic E-state index is 11.7. The van der Waals surface area contributed by atoms with Gasteiger partial charge in [0.1, 0.15) is 18.0 Å². The van der Waals surface area contributed by atoms with Gasteiger partial charge in [0.2, 0.25) is 0 Å². The molecule has 0 saturated carbocycles. The molecule has 1 saturated heterocycles. The van der Waals surface area contributed by atoms with Crippen LogP contribution < -0.4 is 10.2 Å². The first kappa shape index (κ1) is 17.4. The summed E-state index contributed by atoms with van der Waals surface area (Å²) in [7, 11) is 3.46. The van der Waals surface area contributed by atoms with E-state index in [0.29, 0.717) is 22.1 Å². The maximum atomic E-state index is 11.7. The first-order valence-corrected chi connectivity index (χ1v) is 8.35. The van der Waals surface area contributed by atoms with Gasteiger partial charge in [0.05, 0.1) is 23.4 Å². The number of carbonyl (C=O) groups is 1. The molecule has 1 N–H and O–H groups in total. The van der Waals surface area contributed by atoms with Gasteiger partial charge in [0.25, 0.3) is 0 Å². The molecule has 0 aliphatic carbocycles. The number of hydrogen-bond donors (Lipinski definition) is 1. The van der Waals surface area contributed by atoms with Crippen molar-refractivity contribution in [2.24, 2.45) is 0 Å². The molecule has 1 aliphatic heterocycles. The number of carbonyl (C=O) groups excluding carboxylic acids is 1. The molecule has 7 nitrogen and oxygen atoms in total. The Hall–Kier alpha value is -2.38. The zero-order chi connectivity index (χ0) is 17.8. The highest BCUT2D eigenvalue weighted by Crippen LogP contribution is 2.27. The molecule has 2 aromatic rings. The minimum Gasteiger partial charge on any atom is -0.465 e. The standard InChI is InChI=1S/C17H20ClN5O2/c1-22-5-7-23(8-6-22)16-10-15(19-11-20-16)21-14-9-12(17(24)25-2)3-4-13(14)18/h3-4,9-11H,5-8H2,1-2H3,(H,19,20,21). The van der Waals surface area contributed by atoms with Gasteiger partial charge in [-0.2, -0.15) is 0 Å². The first-order chi connectivity index (χ1) is 12.1. The fourth-order valence-electron chi connectivity index (χ4n) is 2.63. The number of benzene rings is 1.